The number of nitrogens with zero attached hydrogens (tertiary/aromatic N) is 2. The van der Waals surface area contributed by atoms with Crippen molar-refractivity contribution < 1.29 is 4.74 Å². The number of hydrogen-bond donors (Lipinski definition) is 2. The molecule has 0 unspecified atom stereocenters. The summed E-state index contributed by atoms with van der Waals surface area (Å²) in [5, 5.41) is 7.05. The number of rotatable bonds is 6. The maximum absolute atomic E-state index is 5.93. The molecule has 0 amide bonds. The molecule has 1 aliphatic heterocycles. The number of halogens is 1. The highest BCUT2D eigenvalue weighted by Crippen LogP contribution is 2.15. The highest BCUT2D eigenvalue weighted by Gasteiger charge is 2.12. The molecule has 0 aliphatic carbocycles. The van der Waals surface area contributed by atoms with E-state index in [-0.39, 0.29) is 0 Å². The summed E-state index contributed by atoms with van der Waals surface area (Å²) in [5.74, 6) is 0.688. The Morgan fingerprint density at radius 3 is 3.06 bits per heavy atom. The van der Waals surface area contributed by atoms with Gasteiger partial charge in [0.2, 0.25) is 0 Å². The van der Waals surface area contributed by atoms with E-state index >= 15 is 0 Å². The molecule has 2 N–H and O–H groups in total. The Morgan fingerprint density at radius 2 is 2.28 bits per heavy atom. The fourth-order valence-corrected chi connectivity index (χ4v) is 2.11. The van der Waals surface area contributed by atoms with Crippen molar-refractivity contribution in [3.8, 4) is 0 Å². The molecule has 0 radical (unpaired) electrons. The molecule has 0 spiro atoms. The predicted octanol–water partition coefficient (Wildman–Crippen LogP) is 1.70. The molecular formula is C12H19ClN4O. The van der Waals surface area contributed by atoms with E-state index in [1.54, 1.807) is 6.20 Å². The molecule has 1 fully saturated rings. The van der Waals surface area contributed by atoms with E-state index < -0.39 is 0 Å². The number of ether oxygens (including phenoxy) is 1. The summed E-state index contributed by atoms with van der Waals surface area (Å²) < 4.78 is 5.81. The Kier molecular flexibility index (Phi) is 5.64. The van der Waals surface area contributed by atoms with E-state index in [1.165, 1.54) is 6.33 Å². The Hall–Kier alpha value is -0.910. The minimum absolute atomic E-state index is 0.425. The van der Waals surface area contributed by atoms with Gasteiger partial charge in [0.05, 0.1) is 12.3 Å². The van der Waals surface area contributed by atoms with E-state index in [0.717, 1.165) is 45.5 Å². The summed E-state index contributed by atoms with van der Waals surface area (Å²) in [4.78, 5) is 7.90. The summed E-state index contributed by atoms with van der Waals surface area (Å²) >= 11 is 5.93. The number of anilines is 1. The fraction of sp³-hybridized carbons (Fsp3) is 0.667. The van der Waals surface area contributed by atoms with Crippen LogP contribution in [0.4, 0.5) is 5.82 Å². The second kappa shape index (κ2) is 7.51. The van der Waals surface area contributed by atoms with Gasteiger partial charge in [-0.25, -0.2) is 9.97 Å². The lowest BCUT2D eigenvalue weighted by Crippen LogP contribution is -2.32. The van der Waals surface area contributed by atoms with E-state index in [9.17, 15) is 0 Å². The highest BCUT2D eigenvalue weighted by atomic mass is 35.5. The second-order valence-corrected chi connectivity index (χ2v) is 4.73. The van der Waals surface area contributed by atoms with Crippen molar-refractivity contribution >= 4 is 17.4 Å². The van der Waals surface area contributed by atoms with Crippen LogP contribution in [0.25, 0.3) is 0 Å². The lowest BCUT2D eigenvalue weighted by molar-refractivity contribution is 0.0329. The van der Waals surface area contributed by atoms with Gasteiger partial charge in [0, 0.05) is 13.2 Å². The molecule has 0 bridgehead atoms. The fourth-order valence-electron chi connectivity index (χ4n) is 1.93. The maximum atomic E-state index is 5.93. The zero-order valence-corrected chi connectivity index (χ0v) is 11.1. The number of piperidine rings is 1. The summed E-state index contributed by atoms with van der Waals surface area (Å²) in [6.45, 7) is 3.72. The van der Waals surface area contributed by atoms with Gasteiger partial charge in [0.25, 0.3) is 0 Å². The molecule has 1 aliphatic rings. The molecule has 1 aromatic rings. The zero-order chi connectivity index (χ0) is 12.6. The molecule has 1 aromatic heterocycles. The van der Waals surface area contributed by atoms with Crippen molar-refractivity contribution in [2.24, 2.45) is 0 Å². The molecule has 5 nitrogen and oxygen atoms in total. The van der Waals surface area contributed by atoms with Crippen LogP contribution in [0.15, 0.2) is 12.5 Å². The second-order valence-electron chi connectivity index (χ2n) is 4.32. The molecule has 18 heavy (non-hydrogen) atoms. The quantitative estimate of drug-likeness (QED) is 0.771. The van der Waals surface area contributed by atoms with Gasteiger partial charge in [-0.05, 0) is 32.4 Å². The topological polar surface area (TPSA) is 59.1 Å². The average Bonchev–Trinajstić information content (AvgIpc) is 2.42. The molecule has 6 heteroatoms. The first-order valence-corrected chi connectivity index (χ1v) is 6.76. The predicted molar refractivity (Wildman–Crippen MR) is 72.0 cm³/mol. The Balaban J connectivity index is 1.57. The SMILES string of the molecule is Clc1cncnc1NCCCOC1CCNCC1. The lowest BCUT2D eigenvalue weighted by Gasteiger charge is -2.22. The number of hydrogen-bond acceptors (Lipinski definition) is 5. The van der Waals surface area contributed by atoms with Crippen LogP contribution in [0.5, 0.6) is 0 Å². The average molecular weight is 271 g/mol. The van der Waals surface area contributed by atoms with Crippen LogP contribution >= 0.6 is 11.6 Å². The van der Waals surface area contributed by atoms with Crippen molar-refractivity contribution in [1.82, 2.24) is 15.3 Å². The molecule has 2 heterocycles. The molecule has 2 rings (SSSR count). The summed E-state index contributed by atoms with van der Waals surface area (Å²) in [6.07, 6.45) is 6.68. The Bertz CT molecular complexity index is 358. The number of nitrogens with one attached hydrogen (secondary N) is 2. The van der Waals surface area contributed by atoms with Gasteiger partial charge in [-0.15, -0.1) is 0 Å². The Labute approximate surface area is 112 Å². The van der Waals surface area contributed by atoms with Crippen LogP contribution < -0.4 is 10.6 Å². The molecule has 100 valence electrons. The van der Waals surface area contributed by atoms with E-state index in [1.807, 2.05) is 0 Å². The van der Waals surface area contributed by atoms with Crippen LogP contribution in [-0.4, -0.2) is 42.3 Å². The first-order chi connectivity index (χ1) is 8.86. The van der Waals surface area contributed by atoms with Crippen molar-refractivity contribution in [2.75, 3.05) is 31.6 Å². The van der Waals surface area contributed by atoms with Gasteiger partial charge in [0.1, 0.15) is 17.2 Å². The van der Waals surface area contributed by atoms with Crippen LogP contribution in [0, 0.1) is 0 Å². The van der Waals surface area contributed by atoms with E-state index in [2.05, 4.69) is 20.6 Å². The van der Waals surface area contributed by atoms with E-state index in [0.29, 0.717) is 16.9 Å². The van der Waals surface area contributed by atoms with Gasteiger partial charge in [-0.2, -0.15) is 0 Å². The van der Waals surface area contributed by atoms with Crippen LogP contribution in [-0.2, 0) is 4.74 Å². The first kappa shape index (κ1) is 13.5. The molecule has 0 atom stereocenters. The van der Waals surface area contributed by atoms with Gasteiger partial charge >= 0.3 is 0 Å². The smallest absolute Gasteiger partial charge is 0.148 e. The van der Waals surface area contributed by atoms with Gasteiger partial charge < -0.3 is 15.4 Å². The van der Waals surface area contributed by atoms with Gasteiger partial charge in [-0.1, -0.05) is 11.6 Å². The molecule has 0 aromatic carbocycles. The summed E-state index contributed by atoms with van der Waals surface area (Å²) in [5.41, 5.74) is 0. The third kappa shape index (κ3) is 4.40. The third-order valence-corrected chi connectivity index (χ3v) is 3.20. The standard InChI is InChI=1S/C12H19ClN4O/c13-11-8-15-9-17-12(11)16-4-1-7-18-10-2-5-14-6-3-10/h8-10,14H,1-7H2,(H,15,16,17). The Morgan fingerprint density at radius 1 is 1.44 bits per heavy atom. The largest absolute Gasteiger partial charge is 0.378 e. The van der Waals surface area contributed by atoms with Gasteiger partial charge in [0.15, 0.2) is 0 Å². The van der Waals surface area contributed by atoms with Crippen molar-refractivity contribution in [2.45, 2.75) is 25.4 Å². The molecule has 1 saturated heterocycles. The monoisotopic (exact) mass is 270 g/mol. The third-order valence-electron chi connectivity index (χ3n) is 2.92. The zero-order valence-electron chi connectivity index (χ0n) is 10.4. The number of aromatic nitrogens is 2. The minimum atomic E-state index is 0.425. The summed E-state index contributed by atoms with van der Waals surface area (Å²) in [6, 6.07) is 0. The van der Waals surface area contributed by atoms with Crippen molar-refractivity contribution in [1.29, 1.82) is 0 Å². The summed E-state index contributed by atoms with van der Waals surface area (Å²) in [7, 11) is 0. The molecular weight excluding hydrogens is 252 g/mol. The normalized spacial score (nSPS) is 16.7. The molecule has 0 saturated carbocycles. The van der Waals surface area contributed by atoms with Gasteiger partial charge in [-0.3, -0.25) is 0 Å². The van der Waals surface area contributed by atoms with Crippen LogP contribution in [0.2, 0.25) is 5.02 Å². The van der Waals surface area contributed by atoms with Crippen LogP contribution in [0.3, 0.4) is 0 Å². The van der Waals surface area contributed by atoms with Crippen LogP contribution in [0.1, 0.15) is 19.3 Å². The first-order valence-electron chi connectivity index (χ1n) is 6.38. The van der Waals surface area contributed by atoms with Crippen molar-refractivity contribution in [3.05, 3.63) is 17.5 Å². The maximum Gasteiger partial charge on any atom is 0.148 e. The van der Waals surface area contributed by atoms with Crippen molar-refractivity contribution in [3.63, 3.8) is 0 Å². The van der Waals surface area contributed by atoms with E-state index in [4.69, 9.17) is 16.3 Å². The highest BCUT2D eigenvalue weighted by molar-refractivity contribution is 6.32. The minimum Gasteiger partial charge on any atom is -0.378 e. The lowest BCUT2D eigenvalue weighted by atomic mass is 10.1.